The number of pyridine rings is 1. The predicted molar refractivity (Wildman–Crippen MR) is 100 cm³/mol. The number of nitrogens with two attached hydrogens (primary N) is 1. The molecular formula is C18H27N5S. The van der Waals surface area contributed by atoms with Crippen molar-refractivity contribution in [2.75, 3.05) is 31.9 Å². The van der Waals surface area contributed by atoms with Gasteiger partial charge in [0.05, 0.1) is 10.7 Å². The highest BCUT2D eigenvalue weighted by Gasteiger charge is 2.21. The molecule has 5 nitrogen and oxygen atoms in total. The molecule has 130 valence electrons. The average Bonchev–Trinajstić information content (AvgIpc) is 2.98. The standard InChI is InChI=1S/C18H27N5S/c1-18(2,3)17-21-15(13-24-17)12-23-8-6-22(7-9-23)11-14-4-5-20-16(19)10-14/h4-5,10,13H,6-9,11-12H2,1-3H3,(H2,19,20). The number of nitrogens with zero attached hydrogens (tertiary/aromatic N) is 4. The molecule has 2 aromatic heterocycles. The molecule has 2 aromatic rings. The Kier molecular flexibility index (Phi) is 5.18. The van der Waals surface area contributed by atoms with E-state index in [4.69, 9.17) is 10.7 Å². The third-order valence-corrected chi connectivity index (χ3v) is 5.61. The molecule has 24 heavy (non-hydrogen) atoms. The molecule has 0 radical (unpaired) electrons. The van der Waals surface area contributed by atoms with Gasteiger partial charge in [-0.2, -0.15) is 0 Å². The molecular weight excluding hydrogens is 318 g/mol. The Labute approximate surface area is 148 Å². The molecule has 0 unspecified atom stereocenters. The fourth-order valence-electron chi connectivity index (χ4n) is 2.91. The molecule has 1 aliphatic heterocycles. The van der Waals surface area contributed by atoms with Crippen molar-refractivity contribution >= 4 is 17.2 Å². The number of nitrogen functional groups attached to an aromatic ring is 1. The van der Waals surface area contributed by atoms with E-state index >= 15 is 0 Å². The number of hydrogen-bond acceptors (Lipinski definition) is 6. The van der Waals surface area contributed by atoms with E-state index in [1.807, 2.05) is 12.1 Å². The number of hydrogen-bond donors (Lipinski definition) is 1. The third kappa shape index (κ3) is 4.53. The van der Waals surface area contributed by atoms with Gasteiger partial charge in [0.2, 0.25) is 0 Å². The fraction of sp³-hybridized carbons (Fsp3) is 0.556. The molecule has 1 saturated heterocycles. The van der Waals surface area contributed by atoms with E-state index in [0.717, 1.165) is 39.3 Å². The summed E-state index contributed by atoms with van der Waals surface area (Å²) in [7, 11) is 0. The van der Waals surface area contributed by atoms with Crippen LogP contribution in [0.1, 0.15) is 37.0 Å². The van der Waals surface area contributed by atoms with Gasteiger partial charge in [0.15, 0.2) is 0 Å². The van der Waals surface area contributed by atoms with Crippen LogP contribution in [-0.4, -0.2) is 45.9 Å². The minimum absolute atomic E-state index is 0.147. The van der Waals surface area contributed by atoms with Crippen molar-refractivity contribution in [3.8, 4) is 0 Å². The number of piperazine rings is 1. The fourth-order valence-corrected chi connectivity index (χ4v) is 3.81. The average molecular weight is 346 g/mol. The lowest BCUT2D eigenvalue weighted by molar-refractivity contribution is 0.121. The highest BCUT2D eigenvalue weighted by Crippen LogP contribution is 2.26. The Bertz CT molecular complexity index is 668. The zero-order chi connectivity index (χ0) is 17.2. The van der Waals surface area contributed by atoms with Crippen molar-refractivity contribution in [2.45, 2.75) is 39.3 Å². The number of anilines is 1. The van der Waals surface area contributed by atoms with E-state index in [9.17, 15) is 0 Å². The first-order valence-corrected chi connectivity index (χ1v) is 9.38. The zero-order valence-electron chi connectivity index (χ0n) is 14.8. The van der Waals surface area contributed by atoms with Crippen LogP contribution in [-0.2, 0) is 18.5 Å². The smallest absolute Gasteiger partial charge is 0.123 e. The van der Waals surface area contributed by atoms with Gasteiger partial charge in [0, 0.05) is 56.3 Å². The second-order valence-electron chi connectivity index (χ2n) is 7.54. The van der Waals surface area contributed by atoms with Crippen molar-refractivity contribution < 1.29 is 0 Å². The van der Waals surface area contributed by atoms with E-state index in [-0.39, 0.29) is 5.41 Å². The molecule has 0 atom stereocenters. The quantitative estimate of drug-likeness (QED) is 0.923. The molecule has 2 N–H and O–H groups in total. The molecule has 0 saturated carbocycles. The van der Waals surface area contributed by atoms with Gasteiger partial charge in [-0.3, -0.25) is 9.80 Å². The maximum atomic E-state index is 5.76. The Morgan fingerprint density at radius 3 is 2.38 bits per heavy atom. The van der Waals surface area contributed by atoms with E-state index in [1.165, 1.54) is 16.3 Å². The van der Waals surface area contributed by atoms with Crippen LogP contribution in [0.15, 0.2) is 23.7 Å². The lowest BCUT2D eigenvalue weighted by atomic mass is 9.98. The summed E-state index contributed by atoms with van der Waals surface area (Å²) in [5, 5.41) is 3.44. The van der Waals surface area contributed by atoms with E-state index in [1.54, 1.807) is 17.5 Å². The summed E-state index contributed by atoms with van der Waals surface area (Å²) >= 11 is 1.78. The molecule has 1 aliphatic rings. The van der Waals surface area contributed by atoms with Gasteiger partial charge in [-0.15, -0.1) is 11.3 Å². The third-order valence-electron chi connectivity index (χ3n) is 4.30. The number of thiazole rings is 1. The van der Waals surface area contributed by atoms with Gasteiger partial charge in [-0.25, -0.2) is 9.97 Å². The van der Waals surface area contributed by atoms with Crippen LogP contribution in [0.2, 0.25) is 0 Å². The van der Waals surface area contributed by atoms with Crippen molar-refractivity contribution in [3.05, 3.63) is 40.0 Å². The SMILES string of the molecule is CC(C)(C)c1nc(CN2CCN(Cc3ccnc(N)c3)CC2)cs1. The molecule has 0 aliphatic carbocycles. The molecule has 0 bridgehead atoms. The first kappa shape index (κ1) is 17.3. The molecule has 0 spiro atoms. The minimum Gasteiger partial charge on any atom is -0.384 e. The van der Waals surface area contributed by atoms with Crippen molar-refractivity contribution in [1.29, 1.82) is 0 Å². The molecule has 6 heteroatoms. The van der Waals surface area contributed by atoms with Gasteiger partial charge >= 0.3 is 0 Å². The lowest BCUT2D eigenvalue weighted by Gasteiger charge is -2.34. The van der Waals surface area contributed by atoms with Crippen LogP contribution in [0.25, 0.3) is 0 Å². The summed E-state index contributed by atoms with van der Waals surface area (Å²) in [6, 6.07) is 4.02. The van der Waals surface area contributed by atoms with Gasteiger partial charge in [0.25, 0.3) is 0 Å². The highest BCUT2D eigenvalue weighted by molar-refractivity contribution is 7.09. The van der Waals surface area contributed by atoms with E-state index in [2.05, 4.69) is 40.9 Å². The Morgan fingerprint density at radius 2 is 1.79 bits per heavy atom. The second kappa shape index (κ2) is 7.17. The van der Waals surface area contributed by atoms with Crippen LogP contribution in [0.5, 0.6) is 0 Å². The van der Waals surface area contributed by atoms with Gasteiger partial charge < -0.3 is 5.73 Å². The Balaban J connectivity index is 1.49. The summed E-state index contributed by atoms with van der Waals surface area (Å²) < 4.78 is 0. The van der Waals surface area contributed by atoms with Gasteiger partial charge in [-0.05, 0) is 17.7 Å². The summed E-state index contributed by atoms with van der Waals surface area (Å²) in [6.07, 6.45) is 1.79. The number of aromatic nitrogens is 2. The van der Waals surface area contributed by atoms with E-state index < -0.39 is 0 Å². The zero-order valence-corrected chi connectivity index (χ0v) is 15.6. The highest BCUT2D eigenvalue weighted by atomic mass is 32.1. The van der Waals surface area contributed by atoms with Crippen molar-refractivity contribution in [3.63, 3.8) is 0 Å². The van der Waals surface area contributed by atoms with Crippen LogP contribution in [0.3, 0.4) is 0 Å². The molecule has 3 heterocycles. The minimum atomic E-state index is 0.147. The molecule has 3 rings (SSSR count). The van der Waals surface area contributed by atoms with Crippen LogP contribution in [0, 0.1) is 0 Å². The first-order valence-electron chi connectivity index (χ1n) is 8.50. The van der Waals surface area contributed by atoms with Crippen LogP contribution >= 0.6 is 11.3 Å². The summed E-state index contributed by atoms with van der Waals surface area (Å²) in [5.41, 5.74) is 8.36. The molecule has 1 fully saturated rings. The maximum absolute atomic E-state index is 5.76. The van der Waals surface area contributed by atoms with E-state index in [0.29, 0.717) is 5.82 Å². The van der Waals surface area contributed by atoms with Crippen LogP contribution < -0.4 is 5.73 Å². The Hall–Kier alpha value is -1.50. The molecule has 0 aromatic carbocycles. The van der Waals surface area contributed by atoms with Crippen molar-refractivity contribution in [1.82, 2.24) is 19.8 Å². The Morgan fingerprint density at radius 1 is 1.12 bits per heavy atom. The topological polar surface area (TPSA) is 58.3 Å². The first-order chi connectivity index (χ1) is 11.4. The summed E-state index contributed by atoms with van der Waals surface area (Å²) in [5.74, 6) is 0.601. The maximum Gasteiger partial charge on any atom is 0.123 e. The molecule has 0 amide bonds. The van der Waals surface area contributed by atoms with Gasteiger partial charge in [-0.1, -0.05) is 20.8 Å². The van der Waals surface area contributed by atoms with Crippen molar-refractivity contribution in [2.24, 2.45) is 0 Å². The lowest BCUT2D eigenvalue weighted by Crippen LogP contribution is -2.45. The monoisotopic (exact) mass is 345 g/mol. The normalized spacial score (nSPS) is 17.3. The number of rotatable bonds is 4. The summed E-state index contributed by atoms with van der Waals surface area (Å²) in [4.78, 5) is 13.8. The largest absolute Gasteiger partial charge is 0.384 e. The van der Waals surface area contributed by atoms with Crippen LogP contribution in [0.4, 0.5) is 5.82 Å². The summed E-state index contributed by atoms with van der Waals surface area (Å²) in [6.45, 7) is 12.9. The predicted octanol–water partition coefficient (Wildman–Crippen LogP) is 2.74. The van der Waals surface area contributed by atoms with Gasteiger partial charge in [0.1, 0.15) is 5.82 Å². The second-order valence-corrected chi connectivity index (χ2v) is 8.39.